The average molecular weight is 369 g/mol. The highest BCUT2D eigenvalue weighted by atomic mass is 16.2. The topological polar surface area (TPSA) is 69.0 Å². The number of nitrogens with zero attached hydrogens (tertiary/aromatic N) is 3. The third kappa shape index (κ3) is 4.43. The van der Waals surface area contributed by atoms with E-state index in [1.54, 1.807) is 6.20 Å². The summed E-state index contributed by atoms with van der Waals surface area (Å²) >= 11 is 0. The van der Waals surface area contributed by atoms with Crippen LogP contribution in [0.1, 0.15) is 64.1 Å². The molecule has 5 nitrogen and oxygen atoms in total. The van der Waals surface area contributed by atoms with Gasteiger partial charge in [-0.1, -0.05) is 20.8 Å². The summed E-state index contributed by atoms with van der Waals surface area (Å²) in [6.07, 6.45) is 6.95. The molecule has 1 saturated carbocycles. The number of aryl methyl sites for hydroxylation is 1. The lowest BCUT2D eigenvalue weighted by Gasteiger charge is -2.38. The molecule has 146 valence electrons. The van der Waals surface area contributed by atoms with Gasteiger partial charge < -0.3 is 10.2 Å². The molecule has 1 aromatic rings. The number of amides is 1. The minimum absolute atomic E-state index is 0.0284. The molecule has 3 rings (SSSR count). The highest BCUT2D eigenvalue weighted by Crippen LogP contribution is 2.47. The minimum Gasteiger partial charge on any atom is -0.370 e. The molecule has 1 aliphatic heterocycles. The second-order valence-corrected chi connectivity index (χ2v) is 8.89. The lowest BCUT2D eigenvalue weighted by atomic mass is 9.86. The maximum Gasteiger partial charge on any atom is 0.223 e. The van der Waals surface area contributed by atoms with E-state index in [1.165, 1.54) is 0 Å². The third-order valence-corrected chi connectivity index (χ3v) is 6.19. The zero-order valence-electron chi connectivity index (χ0n) is 17.1. The summed E-state index contributed by atoms with van der Waals surface area (Å²) in [6.45, 7) is 10.2. The summed E-state index contributed by atoms with van der Waals surface area (Å²) in [6, 6.07) is 4.28. The molecular weight excluding hydrogens is 336 g/mol. The molecule has 0 spiro atoms. The van der Waals surface area contributed by atoms with Crippen molar-refractivity contribution < 1.29 is 4.79 Å². The molecular formula is C22H32N4O. The van der Waals surface area contributed by atoms with Crippen molar-refractivity contribution in [3.8, 4) is 6.07 Å². The number of pyridine rings is 1. The zero-order valence-corrected chi connectivity index (χ0v) is 17.1. The number of nitrogens with one attached hydrogen (secondary N) is 1. The van der Waals surface area contributed by atoms with Crippen LogP contribution in [0.25, 0.3) is 0 Å². The fraction of sp³-hybridized carbons (Fsp3) is 0.682. The van der Waals surface area contributed by atoms with Gasteiger partial charge in [0.25, 0.3) is 0 Å². The van der Waals surface area contributed by atoms with Gasteiger partial charge in [-0.05, 0) is 56.9 Å². The van der Waals surface area contributed by atoms with Gasteiger partial charge in [0, 0.05) is 36.4 Å². The SMILES string of the molecule is Cc1cc(N2CCC(C3(NC(=O)C(C)CC(C)C)CC3)CC2)c(C#N)cn1. The monoisotopic (exact) mass is 368 g/mol. The summed E-state index contributed by atoms with van der Waals surface area (Å²) in [5.74, 6) is 1.39. The Kier molecular flexibility index (Phi) is 5.74. The Morgan fingerprint density at radius 3 is 2.59 bits per heavy atom. The first kappa shape index (κ1) is 19.7. The van der Waals surface area contributed by atoms with Crippen LogP contribution in [0.5, 0.6) is 0 Å². The fourth-order valence-electron chi connectivity index (χ4n) is 4.52. The Balaban J connectivity index is 1.60. The molecule has 5 heteroatoms. The van der Waals surface area contributed by atoms with Crippen LogP contribution in [-0.4, -0.2) is 29.5 Å². The second-order valence-electron chi connectivity index (χ2n) is 8.89. The molecule has 1 unspecified atom stereocenters. The van der Waals surface area contributed by atoms with Crippen LogP contribution >= 0.6 is 0 Å². The number of carbonyl (C=O) groups is 1. The molecule has 1 N–H and O–H groups in total. The van der Waals surface area contributed by atoms with Crippen molar-refractivity contribution >= 4 is 11.6 Å². The molecule has 1 atom stereocenters. The Morgan fingerprint density at radius 2 is 2.04 bits per heavy atom. The molecule has 0 radical (unpaired) electrons. The summed E-state index contributed by atoms with van der Waals surface area (Å²) in [5, 5.41) is 12.8. The molecule has 0 bridgehead atoms. The normalized spacial score (nSPS) is 20.2. The van der Waals surface area contributed by atoms with Crippen molar-refractivity contribution in [1.29, 1.82) is 5.26 Å². The molecule has 1 aromatic heterocycles. The Labute approximate surface area is 163 Å². The van der Waals surface area contributed by atoms with Gasteiger partial charge in [0.2, 0.25) is 5.91 Å². The zero-order chi connectivity index (χ0) is 19.6. The van der Waals surface area contributed by atoms with Gasteiger partial charge >= 0.3 is 0 Å². The molecule has 1 aliphatic carbocycles. The van der Waals surface area contributed by atoms with Crippen LogP contribution in [0.15, 0.2) is 12.3 Å². The first-order valence-corrected chi connectivity index (χ1v) is 10.3. The summed E-state index contributed by atoms with van der Waals surface area (Å²) < 4.78 is 0. The lowest BCUT2D eigenvalue weighted by Crippen LogP contribution is -2.49. The quantitative estimate of drug-likeness (QED) is 0.829. The first-order valence-electron chi connectivity index (χ1n) is 10.3. The van der Waals surface area contributed by atoms with E-state index in [0.717, 1.165) is 56.6 Å². The van der Waals surface area contributed by atoms with E-state index in [9.17, 15) is 10.1 Å². The molecule has 0 aromatic carbocycles. The summed E-state index contributed by atoms with van der Waals surface area (Å²) in [7, 11) is 0. The van der Waals surface area contributed by atoms with Gasteiger partial charge in [0.15, 0.2) is 0 Å². The van der Waals surface area contributed by atoms with Gasteiger partial charge in [0.05, 0.1) is 11.3 Å². The van der Waals surface area contributed by atoms with Gasteiger partial charge in [-0.2, -0.15) is 5.26 Å². The largest absolute Gasteiger partial charge is 0.370 e. The Hall–Kier alpha value is -2.09. The van der Waals surface area contributed by atoms with E-state index < -0.39 is 0 Å². The second kappa shape index (κ2) is 7.88. The number of hydrogen-bond acceptors (Lipinski definition) is 4. The maximum absolute atomic E-state index is 12.6. The van der Waals surface area contributed by atoms with E-state index >= 15 is 0 Å². The van der Waals surface area contributed by atoms with Crippen molar-refractivity contribution in [1.82, 2.24) is 10.3 Å². The number of nitriles is 1. The van der Waals surface area contributed by atoms with E-state index in [1.807, 2.05) is 19.9 Å². The third-order valence-electron chi connectivity index (χ3n) is 6.19. The predicted octanol–water partition coefficient (Wildman–Crippen LogP) is 3.81. The standard InChI is InChI=1S/C22H32N4O/c1-15(2)11-16(3)21(27)25-22(7-8-22)19-5-9-26(10-6-19)20-12-17(4)24-14-18(20)13-23/h12,14-16,19H,5-11H2,1-4H3,(H,25,27). The van der Waals surface area contributed by atoms with Crippen molar-refractivity contribution in [3.05, 3.63) is 23.5 Å². The fourth-order valence-corrected chi connectivity index (χ4v) is 4.52. The van der Waals surface area contributed by atoms with Crippen molar-refractivity contribution in [2.24, 2.45) is 17.8 Å². The molecule has 1 saturated heterocycles. The molecule has 1 amide bonds. The predicted molar refractivity (Wildman–Crippen MR) is 107 cm³/mol. The highest BCUT2D eigenvalue weighted by molar-refractivity contribution is 5.79. The number of aromatic nitrogens is 1. The van der Waals surface area contributed by atoms with E-state index in [-0.39, 0.29) is 17.4 Å². The van der Waals surface area contributed by atoms with Gasteiger partial charge in [0.1, 0.15) is 6.07 Å². The maximum atomic E-state index is 12.6. The van der Waals surface area contributed by atoms with E-state index in [2.05, 4.69) is 35.1 Å². The average Bonchev–Trinajstić information content (AvgIpc) is 3.42. The number of anilines is 1. The molecule has 2 aliphatic rings. The lowest BCUT2D eigenvalue weighted by molar-refractivity contribution is -0.126. The minimum atomic E-state index is 0.0284. The van der Waals surface area contributed by atoms with Crippen LogP contribution in [0.4, 0.5) is 5.69 Å². The van der Waals surface area contributed by atoms with Crippen LogP contribution in [0.3, 0.4) is 0 Å². The number of hydrogen-bond donors (Lipinski definition) is 1. The number of carbonyl (C=O) groups excluding carboxylic acids is 1. The van der Waals surface area contributed by atoms with Crippen LogP contribution in [0.2, 0.25) is 0 Å². The van der Waals surface area contributed by atoms with Crippen molar-refractivity contribution in [2.75, 3.05) is 18.0 Å². The molecule has 2 fully saturated rings. The number of rotatable bonds is 6. The van der Waals surface area contributed by atoms with Crippen molar-refractivity contribution in [3.63, 3.8) is 0 Å². The van der Waals surface area contributed by atoms with E-state index in [4.69, 9.17) is 0 Å². The summed E-state index contributed by atoms with van der Waals surface area (Å²) in [5.41, 5.74) is 2.62. The van der Waals surface area contributed by atoms with E-state index in [0.29, 0.717) is 17.4 Å². The van der Waals surface area contributed by atoms with Crippen LogP contribution in [0, 0.1) is 36.0 Å². The first-order chi connectivity index (χ1) is 12.8. The van der Waals surface area contributed by atoms with Crippen molar-refractivity contribution in [2.45, 2.75) is 65.3 Å². The van der Waals surface area contributed by atoms with Crippen LogP contribution in [-0.2, 0) is 4.79 Å². The highest BCUT2D eigenvalue weighted by Gasteiger charge is 2.51. The van der Waals surface area contributed by atoms with Gasteiger partial charge in [-0.15, -0.1) is 0 Å². The Bertz CT molecular complexity index is 724. The Morgan fingerprint density at radius 1 is 1.37 bits per heavy atom. The molecule has 27 heavy (non-hydrogen) atoms. The molecule has 2 heterocycles. The van der Waals surface area contributed by atoms with Crippen LogP contribution < -0.4 is 10.2 Å². The summed E-state index contributed by atoms with van der Waals surface area (Å²) in [4.78, 5) is 19.2. The smallest absolute Gasteiger partial charge is 0.223 e. The van der Waals surface area contributed by atoms with Gasteiger partial charge in [-0.3, -0.25) is 9.78 Å². The number of piperidine rings is 1. The van der Waals surface area contributed by atoms with Gasteiger partial charge in [-0.25, -0.2) is 0 Å².